The normalized spacial score (nSPS) is 10.4. The number of aryl methyl sites for hydroxylation is 2. The van der Waals surface area contributed by atoms with Crippen molar-refractivity contribution in [3.63, 3.8) is 0 Å². The molecule has 0 aliphatic carbocycles. The number of hydrogen-bond donors (Lipinski definition) is 0. The first-order valence-electron chi connectivity index (χ1n) is 5.87. The zero-order chi connectivity index (χ0) is 13.1. The highest BCUT2D eigenvalue weighted by molar-refractivity contribution is 6.09. The summed E-state index contributed by atoms with van der Waals surface area (Å²) in [4.78, 5) is 12.4. The Morgan fingerprint density at radius 2 is 2.00 bits per heavy atom. The highest BCUT2D eigenvalue weighted by Gasteiger charge is 2.19. The number of benzene rings is 1. The van der Waals surface area contributed by atoms with E-state index in [-0.39, 0.29) is 5.78 Å². The minimum Gasteiger partial charge on any atom is -0.493 e. The Labute approximate surface area is 106 Å². The summed E-state index contributed by atoms with van der Waals surface area (Å²) in [5, 5.41) is 4.04. The molecule has 0 amide bonds. The van der Waals surface area contributed by atoms with Gasteiger partial charge in [0, 0.05) is 12.6 Å². The van der Waals surface area contributed by atoms with Crippen LogP contribution in [0, 0.1) is 0 Å². The van der Waals surface area contributed by atoms with Gasteiger partial charge in [-0.15, -0.1) is 0 Å². The van der Waals surface area contributed by atoms with Crippen LogP contribution in [0.4, 0.5) is 0 Å². The van der Waals surface area contributed by atoms with Crippen molar-refractivity contribution < 1.29 is 9.53 Å². The number of carbonyl (C=O) groups is 1. The second-order valence-electron chi connectivity index (χ2n) is 4.06. The lowest BCUT2D eigenvalue weighted by Gasteiger charge is -2.05. The standard InChI is InChI=1S/C14H16N2O2/c1-4-10-5-7-11(8-6-10)14(17)13-12(18-3)9-15-16(13)2/h5-9H,4H2,1-3H3. The first kappa shape index (κ1) is 12.4. The van der Waals surface area contributed by atoms with E-state index >= 15 is 0 Å². The summed E-state index contributed by atoms with van der Waals surface area (Å²) in [7, 11) is 3.27. The molecular weight excluding hydrogens is 228 g/mol. The Kier molecular flexibility index (Phi) is 3.46. The smallest absolute Gasteiger partial charge is 0.214 e. The predicted octanol–water partition coefficient (Wildman–Crippen LogP) is 2.22. The van der Waals surface area contributed by atoms with Crippen LogP contribution in [-0.2, 0) is 13.5 Å². The van der Waals surface area contributed by atoms with Crippen LogP contribution in [0.3, 0.4) is 0 Å². The molecule has 0 atom stereocenters. The van der Waals surface area contributed by atoms with Crippen LogP contribution < -0.4 is 4.74 Å². The summed E-state index contributed by atoms with van der Waals surface area (Å²) in [5.41, 5.74) is 2.33. The fourth-order valence-electron chi connectivity index (χ4n) is 1.85. The van der Waals surface area contributed by atoms with Gasteiger partial charge in [-0.3, -0.25) is 9.48 Å². The minimum atomic E-state index is -0.0745. The van der Waals surface area contributed by atoms with E-state index in [2.05, 4.69) is 12.0 Å². The van der Waals surface area contributed by atoms with Gasteiger partial charge in [0.05, 0.1) is 13.3 Å². The van der Waals surface area contributed by atoms with Gasteiger partial charge in [0.15, 0.2) is 11.4 Å². The molecule has 1 aromatic heterocycles. The first-order valence-corrected chi connectivity index (χ1v) is 5.87. The molecule has 0 saturated carbocycles. The van der Waals surface area contributed by atoms with Crippen molar-refractivity contribution in [1.82, 2.24) is 9.78 Å². The van der Waals surface area contributed by atoms with Crippen molar-refractivity contribution in [2.24, 2.45) is 7.05 Å². The average Bonchev–Trinajstić information content (AvgIpc) is 2.79. The van der Waals surface area contributed by atoms with E-state index in [1.807, 2.05) is 24.3 Å². The molecule has 0 aliphatic rings. The van der Waals surface area contributed by atoms with Crippen molar-refractivity contribution in [3.05, 3.63) is 47.3 Å². The maximum absolute atomic E-state index is 12.4. The van der Waals surface area contributed by atoms with Gasteiger partial charge < -0.3 is 4.74 Å². The molecule has 0 spiro atoms. The van der Waals surface area contributed by atoms with Crippen molar-refractivity contribution in [2.75, 3.05) is 7.11 Å². The van der Waals surface area contributed by atoms with Gasteiger partial charge in [-0.05, 0) is 12.0 Å². The quantitative estimate of drug-likeness (QED) is 0.775. The number of rotatable bonds is 4. The summed E-state index contributed by atoms with van der Waals surface area (Å²) in [6.45, 7) is 2.08. The van der Waals surface area contributed by atoms with E-state index in [0.717, 1.165) is 6.42 Å². The predicted molar refractivity (Wildman–Crippen MR) is 69.0 cm³/mol. The zero-order valence-corrected chi connectivity index (χ0v) is 10.8. The van der Waals surface area contributed by atoms with Gasteiger partial charge in [-0.1, -0.05) is 31.2 Å². The second-order valence-corrected chi connectivity index (χ2v) is 4.06. The molecule has 0 fully saturated rings. The zero-order valence-electron chi connectivity index (χ0n) is 10.8. The summed E-state index contributed by atoms with van der Waals surface area (Å²) in [6.07, 6.45) is 2.51. The molecule has 2 rings (SSSR count). The molecule has 4 heteroatoms. The third-order valence-corrected chi connectivity index (χ3v) is 2.96. The Hall–Kier alpha value is -2.10. The number of methoxy groups -OCH3 is 1. The molecule has 4 nitrogen and oxygen atoms in total. The Morgan fingerprint density at radius 1 is 1.33 bits per heavy atom. The van der Waals surface area contributed by atoms with Gasteiger partial charge in [0.25, 0.3) is 0 Å². The number of hydrogen-bond acceptors (Lipinski definition) is 3. The first-order chi connectivity index (χ1) is 8.67. The summed E-state index contributed by atoms with van der Waals surface area (Å²) < 4.78 is 6.69. The van der Waals surface area contributed by atoms with E-state index < -0.39 is 0 Å². The van der Waals surface area contributed by atoms with Gasteiger partial charge in [0.1, 0.15) is 0 Å². The lowest BCUT2D eigenvalue weighted by molar-refractivity contribution is 0.102. The van der Waals surface area contributed by atoms with Crippen LogP contribution in [0.15, 0.2) is 30.5 Å². The van der Waals surface area contributed by atoms with Crippen LogP contribution in [0.5, 0.6) is 5.75 Å². The number of aromatic nitrogens is 2. The van der Waals surface area contributed by atoms with Crippen molar-refractivity contribution in [2.45, 2.75) is 13.3 Å². The second kappa shape index (κ2) is 5.04. The number of ether oxygens (including phenoxy) is 1. The van der Waals surface area contributed by atoms with Crippen molar-refractivity contribution in [3.8, 4) is 5.75 Å². The Morgan fingerprint density at radius 3 is 2.56 bits per heavy atom. The van der Waals surface area contributed by atoms with E-state index in [0.29, 0.717) is 17.0 Å². The van der Waals surface area contributed by atoms with E-state index in [1.165, 1.54) is 17.4 Å². The van der Waals surface area contributed by atoms with Gasteiger partial charge >= 0.3 is 0 Å². The third-order valence-electron chi connectivity index (χ3n) is 2.96. The Balaban J connectivity index is 2.38. The van der Waals surface area contributed by atoms with Crippen molar-refractivity contribution in [1.29, 1.82) is 0 Å². The van der Waals surface area contributed by atoms with Crippen LogP contribution >= 0.6 is 0 Å². The third kappa shape index (κ3) is 2.14. The highest BCUT2D eigenvalue weighted by Crippen LogP contribution is 2.20. The molecule has 0 radical (unpaired) electrons. The van der Waals surface area contributed by atoms with Crippen LogP contribution in [0.1, 0.15) is 28.5 Å². The minimum absolute atomic E-state index is 0.0745. The molecule has 0 aliphatic heterocycles. The number of ketones is 1. The monoisotopic (exact) mass is 244 g/mol. The lowest BCUT2D eigenvalue weighted by Crippen LogP contribution is -2.09. The van der Waals surface area contributed by atoms with E-state index in [4.69, 9.17) is 4.74 Å². The van der Waals surface area contributed by atoms with Gasteiger partial charge in [-0.2, -0.15) is 5.10 Å². The van der Waals surface area contributed by atoms with Gasteiger partial charge in [-0.25, -0.2) is 0 Å². The fourth-order valence-corrected chi connectivity index (χ4v) is 1.85. The number of nitrogens with zero attached hydrogens (tertiary/aromatic N) is 2. The molecule has 2 aromatic rings. The molecule has 0 unspecified atom stereocenters. The average molecular weight is 244 g/mol. The van der Waals surface area contributed by atoms with E-state index in [1.54, 1.807) is 13.2 Å². The van der Waals surface area contributed by atoms with Crippen molar-refractivity contribution >= 4 is 5.78 Å². The molecule has 1 aromatic carbocycles. The van der Waals surface area contributed by atoms with Gasteiger partial charge in [0.2, 0.25) is 5.78 Å². The SMILES string of the molecule is CCc1ccc(C(=O)c2c(OC)cnn2C)cc1. The van der Waals surface area contributed by atoms with Crippen LogP contribution in [-0.4, -0.2) is 22.7 Å². The maximum Gasteiger partial charge on any atom is 0.214 e. The van der Waals surface area contributed by atoms with Crippen LogP contribution in [0.2, 0.25) is 0 Å². The summed E-state index contributed by atoms with van der Waals surface area (Å²) in [5.74, 6) is 0.427. The molecule has 18 heavy (non-hydrogen) atoms. The van der Waals surface area contributed by atoms with E-state index in [9.17, 15) is 4.79 Å². The fraction of sp³-hybridized carbons (Fsp3) is 0.286. The lowest BCUT2D eigenvalue weighted by atomic mass is 10.0. The summed E-state index contributed by atoms with van der Waals surface area (Å²) >= 11 is 0. The largest absolute Gasteiger partial charge is 0.493 e. The topological polar surface area (TPSA) is 44.1 Å². The molecule has 1 heterocycles. The molecular formula is C14H16N2O2. The molecule has 0 bridgehead atoms. The maximum atomic E-state index is 12.4. The number of carbonyl (C=O) groups excluding carboxylic acids is 1. The van der Waals surface area contributed by atoms with Crippen LogP contribution in [0.25, 0.3) is 0 Å². The summed E-state index contributed by atoms with van der Waals surface area (Å²) in [6, 6.07) is 7.62. The Bertz CT molecular complexity index is 556. The highest BCUT2D eigenvalue weighted by atomic mass is 16.5. The molecule has 0 saturated heterocycles. The molecule has 94 valence electrons. The molecule has 0 N–H and O–H groups in total.